The van der Waals surface area contributed by atoms with Crippen molar-refractivity contribution in [2.45, 2.75) is 258 Å². The van der Waals surface area contributed by atoms with E-state index in [1.165, 1.54) is 96.3 Å². The lowest BCUT2D eigenvalue weighted by Gasteiger charge is -2.18. The van der Waals surface area contributed by atoms with Gasteiger partial charge >= 0.3 is 17.9 Å². The second-order valence-corrected chi connectivity index (χ2v) is 19.8. The number of esters is 3. The van der Waals surface area contributed by atoms with Crippen LogP contribution in [0.4, 0.5) is 0 Å². The molecule has 0 amide bonds. The lowest BCUT2D eigenvalue weighted by molar-refractivity contribution is -0.166. The molecule has 0 aliphatic heterocycles. The van der Waals surface area contributed by atoms with Crippen LogP contribution in [0.25, 0.3) is 0 Å². The van der Waals surface area contributed by atoms with Crippen LogP contribution in [-0.4, -0.2) is 37.2 Å². The lowest BCUT2D eigenvalue weighted by atomic mass is 10.0. The fourth-order valence-electron chi connectivity index (χ4n) is 8.03. The van der Waals surface area contributed by atoms with Gasteiger partial charge in [-0.15, -0.1) is 0 Å². The highest BCUT2D eigenvalue weighted by molar-refractivity contribution is 5.71. The summed E-state index contributed by atoms with van der Waals surface area (Å²) in [6.07, 6.45) is 93.0. The van der Waals surface area contributed by atoms with E-state index in [0.717, 1.165) is 103 Å². The van der Waals surface area contributed by atoms with E-state index in [4.69, 9.17) is 14.2 Å². The summed E-state index contributed by atoms with van der Waals surface area (Å²) in [5.41, 5.74) is 0. The number of unbranched alkanes of at least 4 members (excludes halogenated alkanes) is 17. The summed E-state index contributed by atoms with van der Waals surface area (Å²) >= 11 is 0. The van der Waals surface area contributed by atoms with Gasteiger partial charge in [0.1, 0.15) is 13.2 Å². The fraction of sp³-hybridized carbons (Fsp3) is 0.592. The minimum Gasteiger partial charge on any atom is -0.462 e. The molecule has 0 fully saturated rings. The number of carbonyl (C=O) groups is 3. The molecule has 6 heteroatoms. The molecule has 0 aromatic carbocycles. The van der Waals surface area contributed by atoms with Gasteiger partial charge in [-0.3, -0.25) is 14.4 Å². The molecule has 0 rings (SSSR count). The molecule has 0 radical (unpaired) electrons. The minimum atomic E-state index is -0.850. The molecule has 0 aromatic heterocycles. The molecule has 6 nitrogen and oxygen atoms in total. The Hall–Kier alpha value is -4.97. The average Bonchev–Trinajstić information content (AvgIpc) is 3.43. The summed E-state index contributed by atoms with van der Waals surface area (Å²) in [7, 11) is 0. The van der Waals surface area contributed by atoms with Crippen molar-refractivity contribution in [2.75, 3.05) is 13.2 Å². The Morgan fingerprint density at radius 1 is 0.260 bits per heavy atom. The van der Waals surface area contributed by atoms with E-state index in [9.17, 15) is 14.4 Å². The van der Waals surface area contributed by atoms with Crippen LogP contribution >= 0.6 is 0 Å². The van der Waals surface area contributed by atoms with Crippen molar-refractivity contribution in [1.29, 1.82) is 0 Å². The van der Waals surface area contributed by atoms with Crippen LogP contribution < -0.4 is 0 Å². The summed E-state index contributed by atoms with van der Waals surface area (Å²) in [4.78, 5) is 38.1. The summed E-state index contributed by atoms with van der Waals surface area (Å²) in [6, 6.07) is 0. The van der Waals surface area contributed by atoms with Crippen molar-refractivity contribution < 1.29 is 28.6 Å². The van der Waals surface area contributed by atoms with Gasteiger partial charge in [-0.25, -0.2) is 0 Å². The standard InChI is InChI=1S/C71H112O6/c1-4-7-10-13-16-19-22-25-26-27-28-29-30-31-32-33-34-35-36-37-38-39-40-41-42-43-44-47-49-52-55-58-61-64-70(73)76-67-68(77-71(74)65-62-59-56-53-50-46-24-21-18-15-12-9-6-3)66-75-69(72)63-60-57-54-51-48-45-23-20-17-14-11-8-5-2/h7-12,16-21,25-26,28-29,31-32,45-46,48,50,54,56-57,59,68H,4-6,13-15,22-24,27,30,33-44,47,49,51-53,55,58,60-67H2,1-3H3/b10-7-,11-8-,12-9-,19-16-,20-17-,21-18-,26-25-,29-28-,32-31-,48-45-,50-46-,57-54-,59-56-. The van der Waals surface area contributed by atoms with E-state index in [1.54, 1.807) is 0 Å². The normalized spacial score (nSPS) is 13.2. The van der Waals surface area contributed by atoms with E-state index in [0.29, 0.717) is 19.3 Å². The quantitative estimate of drug-likeness (QED) is 0.0261. The molecule has 0 aliphatic rings. The zero-order chi connectivity index (χ0) is 55.7. The second-order valence-electron chi connectivity index (χ2n) is 19.8. The Bertz CT molecular complexity index is 1740. The van der Waals surface area contributed by atoms with Gasteiger partial charge < -0.3 is 14.2 Å². The molecule has 0 saturated carbocycles. The van der Waals surface area contributed by atoms with Crippen LogP contribution in [0, 0.1) is 0 Å². The highest BCUT2D eigenvalue weighted by Crippen LogP contribution is 2.16. The number of carbonyl (C=O) groups excluding carboxylic acids is 3. The first kappa shape index (κ1) is 72.0. The zero-order valence-electron chi connectivity index (χ0n) is 49.4. The van der Waals surface area contributed by atoms with E-state index in [1.807, 2.05) is 24.3 Å². The van der Waals surface area contributed by atoms with E-state index in [2.05, 4.69) is 154 Å². The third-order valence-electron chi connectivity index (χ3n) is 12.5. The Kier molecular flexibility index (Phi) is 59.5. The maximum atomic E-state index is 12.8. The number of allylic oxidation sites excluding steroid dienone is 26. The van der Waals surface area contributed by atoms with Gasteiger partial charge in [-0.05, 0) is 116 Å². The van der Waals surface area contributed by atoms with E-state index < -0.39 is 12.1 Å². The number of ether oxygens (including phenoxy) is 3. The van der Waals surface area contributed by atoms with Crippen LogP contribution in [0.3, 0.4) is 0 Å². The third kappa shape index (κ3) is 61.8. The Morgan fingerprint density at radius 2 is 0.494 bits per heavy atom. The molecule has 0 aromatic rings. The van der Waals surface area contributed by atoms with Gasteiger partial charge in [0.25, 0.3) is 0 Å². The lowest BCUT2D eigenvalue weighted by Crippen LogP contribution is -2.30. The summed E-state index contributed by atoms with van der Waals surface area (Å²) < 4.78 is 16.7. The maximum absolute atomic E-state index is 12.8. The van der Waals surface area contributed by atoms with Crippen molar-refractivity contribution >= 4 is 17.9 Å². The molecular weight excluding hydrogens is 949 g/mol. The van der Waals surface area contributed by atoms with Crippen LogP contribution in [0.1, 0.15) is 252 Å². The summed E-state index contributed by atoms with van der Waals surface area (Å²) in [6.45, 7) is 6.16. The number of hydrogen-bond acceptors (Lipinski definition) is 6. The maximum Gasteiger partial charge on any atom is 0.306 e. The van der Waals surface area contributed by atoms with Gasteiger partial charge in [0, 0.05) is 19.3 Å². The largest absolute Gasteiger partial charge is 0.462 e. The van der Waals surface area contributed by atoms with Crippen LogP contribution in [0.2, 0.25) is 0 Å². The molecule has 0 N–H and O–H groups in total. The van der Waals surface area contributed by atoms with Crippen molar-refractivity contribution in [3.63, 3.8) is 0 Å². The highest BCUT2D eigenvalue weighted by atomic mass is 16.6. The molecule has 0 spiro atoms. The van der Waals surface area contributed by atoms with Gasteiger partial charge in [-0.2, -0.15) is 0 Å². The molecule has 0 saturated heterocycles. The second kappa shape index (κ2) is 63.6. The van der Waals surface area contributed by atoms with E-state index >= 15 is 0 Å². The van der Waals surface area contributed by atoms with Crippen molar-refractivity contribution in [2.24, 2.45) is 0 Å². The van der Waals surface area contributed by atoms with Crippen molar-refractivity contribution in [3.8, 4) is 0 Å². The topological polar surface area (TPSA) is 78.9 Å². The van der Waals surface area contributed by atoms with Crippen LogP contribution in [-0.2, 0) is 28.6 Å². The molecule has 77 heavy (non-hydrogen) atoms. The summed E-state index contributed by atoms with van der Waals surface area (Å²) in [5.74, 6) is -1.11. The molecule has 1 atom stereocenters. The van der Waals surface area contributed by atoms with Crippen LogP contribution in [0.5, 0.6) is 0 Å². The predicted octanol–water partition coefficient (Wildman–Crippen LogP) is 21.3. The first-order chi connectivity index (χ1) is 38.0. The minimum absolute atomic E-state index is 0.133. The molecule has 0 bridgehead atoms. The predicted molar refractivity (Wildman–Crippen MR) is 334 cm³/mol. The average molecular weight is 1060 g/mol. The molecule has 0 heterocycles. The highest BCUT2D eigenvalue weighted by Gasteiger charge is 2.19. The van der Waals surface area contributed by atoms with E-state index in [-0.39, 0.29) is 38.0 Å². The molecular formula is C71H112O6. The first-order valence-corrected chi connectivity index (χ1v) is 31.0. The molecule has 0 aliphatic carbocycles. The molecule has 1 unspecified atom stereocenters. The monoisotopic (exact) mass is 1060 g/mol. The fourth-order valence-corrected chi connectivity index (χ4v) is 8.03. The van der Waals surface area contributed by atoms with Gasteiger partial charge in [0.05, 0.1) is 0 Å². The van der Waals surface area contributed by atoms with Crippen molar-refractivity contribution in [3.05, 3.63) is 158 Å². The van der Waals surface area contributed by atoms with Gasteiger partial charge in [-0.1, -0.05) is 275 Å². The van der Waals surface area contributed by atoms with Crippen LogP contribution in [0.15, 0.2) is 158 Å². The summed E-state index contributed by atoms with van der Waals surface area (Å²) in [5, 5.41) is 0. The Balaban J connectivity index is 4.23. The SMILES string of the molecule is CC/C=C\C/C=C\C/C=C\C/C=C\C/C=C\CCCCCCCCCCCCCCCCCCCC(=O)OCC(COC(=O)CC/C=C\C/C=C\C/C=C\C/C=C\CC)OC(=O)CC/C=C\C/C=C\C/C=C\C/C=C\CC. The van der Waals surface area contributed by atoms with Crippen molar-refractivity contribution in [1.82, 2.24) is 0 Å². The number of rotatable bonds is 54. The third-order valence-corrected chi connectivity index (χ3v) is 12.5. The first-order valence-electron chi connectivity index (χ1n) is 31.0. The Morgan fingerprint density at radius 3 is 0.805 bits per heavy atom. The molecule has 432 valence electrons. The smallest absolute Gasteiger partial charge is 0.306 e. The van der Waals surface area contributed by atoms with Gasteiger partial charge in [0.15, 0.2) is 6.10 Å². The number of hydrogen-bond donors (Lipinski definition) is 0. The Labute approximate surface area is 473 Å². The van der Waals surface area contributed by atoms with Gasteiger partial charge in [0.2, 0.25) is 0 Å². The zero-order valence-corrected chi connectivity index (χ0v) is 49.4.